The van der Waals surface area contributed by atoms with Gasteiger partial charge < -0.3 is 5.32 Å². The molecule has 1 aliphatic heterocycles. The van der Waals surface area contributed by atoms with Crippen LogP contribution in [0.25, 0.3) is 0 Å². The predicted molar refractivity (Wildman–Crippen MR) is 58.1 cm³/mol. The number of benzene rings is 1. The van der Waals surface area contributed by atoms with E-state index < -0.39 is 0 Å². The van der Waals surface area contributed by atoms with Crippen LogP contribution in [0.1, 0.15) is 24.4 Å². The number of halogens is 1. The fraction of sp³-hybridized carbons (Fsp3) is 0.400. The Morgan fingerprint density at radius 2 is 2.33 bits per heavy atom. The summed E-state index contributed by atoms with van der Waals surface area (Å²) in [5.74, 6) is 0. The summed E-state index contributed by atoms with van der Waals surface area (Å²) in [6.45, 7) is 0.911. The van der Waals surface area contributed by atoms with E-state index in [1.165, 1.54) is 6.07 Å². The molecule has 0 saturated carbocycles. The van der Waals surface area contributed by atoms with E-state index in [4.69, 9.17) is 11.6 Å². The van der Waals surface area contributed by atoms with Crippen LogP contribution >= 0.6 is 11.6 Å². The van der Waals surface area contributed by atoms with Crippen molar-refractivity contribution in [3.63, 3.8) is 0 Å². The molecule has 1 saturated heterocycles. The lowest BCUT2D eigenvalue weighted by atomic mass is 10.0. The zero-order valence-corrected chi connectivity index (χ0v) is 8.83. The first-order valence-corrected chi connectivity index (χ1v) is 5.23. The van der Waals surface area contributed by atoms with Gasteiger partial charge in [-0.15, -0.1) is 0 Å². The van der Waals surface area contributed by atoms with E-state index in [9.17, 15) is 10.1 Å². The number of nitro groups is 1. The van der Waals surface area contributed by atoms with E-state index in [0.29, 0.717) is 10.6 Å². The maximum atomic E-state index is 10.8. The van der Waals surface area contributed by atoms with E-state index in [-0.39, 0.29) is 16.7 Å². The molecule has 0 spiro atoms. The van der Waals surface area contributed by atoms with Crippen LogP contribution in [0.5, 0.6) is 0 Å². The number of hydrogen-bond donors (Lipinski definition) is 1. The smallest absolute Gasteiger partial charge is 0.274 e. The zero-order chi connectivity index (χ0) is 10.8. The first-order valence-electron chi connectivity index (χ1n) is 4.85. The standard InChI is InChI=1S/C10H11ClN2O2/c11-7-3-4-10(13(14)15)8(6-7)9-2-1-5-12-9/h3-4,6,9,12H,1-2,5H2. The summed E-state index contributed by atoms with van der Waals surface area (Å²) in [6, 6.07) is 4.78. The van der Waals surface area contributed by atoms with Gasteiger partial charge in [-0.25, -0.2) is 0 Å². The molecule has 4 nitrogen and oxygen atoms in total. The number of nitrogens with zero attached hydrogens (tertiary/aromatic N) is 1. The fourth-order valence-electron chi connectivity index (χ4n) is 1.92. The van der Waals surface area contributed by atoms with E-state index in [1.807, 2.05) is 0 Å². The normalized spacial score (nSPS) is 20.5. The lowest BCUT2D eigenvalue weighted by Gasteiger charge is -2.10. The van der Waals surface area contributed by atoms with Crippen molar-refractivity contribution in [1.29, 1.82) is 0 Å². The molecule has 80 valence electrons. The van der Waals surface area contributed by atoms with Crippen molar-refractivity contribution in [2.45, 2.75) is 18.9 Å². The fourth-order valence-corrected chi connectivity index (χ4v) is 2.10. The summed E-state index contributed by atoms with van der Waals surface area (Å²) in [5.41, 5.74) is 0.851. The molecule has 2 rings (SSSR count). The van der Waals surface area contributed by atoms with Crippen molar-refractivity contribution in [3.05, 3.63) is 38.9 Å². The molecule has 0 amide bonds. The molecule has 1 heterocycles. The van der Waals surface area contributed by atoms with Crippen LogP contribution < -0.4 is 5.32 Å². The highest BCUT2D eigenvalue weighted by Gasteiger charge is 2.24. The van der Waals surface area contributed by atoms with E-state index in [0.717, 1.165) is 19.4 Å². The molecule has 15 heavy (non-hydrogen) atoms. The van der Waals surface area contributed by atoms with Crippen LogP contribution in [-0.2, 0) is 0 Å². The van der Waals surface area contributed by atoms with Crippen molar-refractivity contribution in [1.82, 2.24) is 5.32 Å². The zero-order valence-electron chi connectivity index (χ0n) is 8.07. The van der Waals surface area contributed by atoms with Crippen LogP contribution in [0, 0.1) is 10.1 Å². The summed E-state index contributed by atoms with van der Waals surface area (Å²) >= 11 is 5.85. The second kappa shape index (κ2) is 4.16. The molecule has 1 atom stereocenters. The molecule has 1 aromatic rings. The van der Waals surface area contributed by atoms with Crippen molar-refractivity contribution < 1.29 is 4.92 Å². The van der Waals surface area contributed by atoms with Gasteiger partial charge in [0.25, 0.3) is 5.69 Å². The highest BCUT2D eigenvalue weighted by molar-refractivity contribution is 6.30. The first-order chi connectivity index (χ1) is 7.18. The minimum Gasteiger partial charge on any atom is -0.310 e. The van der Waals surface area contributed by atoms with Crippen LogP contribution in [0.15, 0.2) is 18.2 Å². The number of nitrogens with one attached hydrogen (secondary N) is 1. The molecule has 5 heteroatoms. The molecular formula is C10H11ClN2O2. The average molecular weight is 227 g/mol. The average Bonchev–Trinajstić information content (AvgIpc) is 2.69. The quantitative estimate of drug-likeness (QED) is 0.623. The maximum absolute atomic E-state index is 10.8. The number of nitro benzene ring substituents is 1. The lowest BCUT2D eigenvalue weighted by Crippen LogP contribution is -2.14. The summed E-state index contributed by atoms with van der Waals surface area (Å²) < 4.78 is 0. The third kappa shape index (κ3) is 2.11. The van der Waals surface area contributed by atoms with Gasteiger partial charge in [-0.05, 0) is 31.5 Å². The predicted octanol–water partition coefficient (Wildman–Crippen LogP) is 2.67. The molecule has 1 aliphatic rings. The summed E-state index contributed by atoms with van der Waals surface area (Å²) in [5, 5.41) is 14.6. The van der Waals surface area contributed by atoms with Crippen molar-refractivity contribution in [2.24, 2.45) is 0 Å². The minimum atomic E-state index is -0.355. The van der Waals surface area contributed by atoms with Crippen molar-refractivity contribution in [2.75, 3.05) is 6.54 Å². The van der Waals surface area contributed by atoms with Gasteiger partial charge in [0.15, 0.2) is 0 Å². The van der Waals surface area contributed by atoms with Crippen molar-refractivity contribution in [3.8, 4) is 0 Å². The van der Waals surface area contributed by atoms with Crippen LogP contribution in [-0.4, -0.2) is 11.5 Å². The van der Waals surface area contributed by atoms with E-state index >= 15 is 0 Å². The van der Waals surface area contributed by atoms with E-state index in [2.05, 4.69) is 5.32 Å². The molecule has 0 bridgehead atoms. The molecule has 0 aliphatic carbocycles. The Bertz CT molecular complexity index is 389. The minimum absolute atomic E-state index is 0.0732. The Morgan fingerprint density at radius 3 is 2.93 bits per heavy atom. The molecule has 1 unspecified atom stereocenters. The Labute approximate surface area is 92.4 Å². The Kier molecular flexibility index (Phi) is 2.88. The Balaban J connectivity index is 2.41. The van der Waals surface area contributed by atoms with Crippen LogP contribution in [0.2, 0.25) is 5.02 Å². The highest BCUT2D eigenvalue weighted by atomic mass is 35.5. The van der Waals surface area contributed by atoms with Crippen LogP contribution in [0.3, 0.4) is 0 Å². The molecular weight excluding hydrogens is 216 g/mol. The summed E-state index contributed by atoms with van der Waals surface area (Å²) in [7, 11) is 0. The largest absolute Gasteiger partial charge is 0.310 e. The maximum Gasteiger partial charge on any atom is 0.274 e. The highest BCUT2D eigenvalue weighted by Crippen LogP contribution is 2.32. The van der Waals surface area contributed by atoms with Crippen LogP contribution in [0.4, 0.5) is 5.69 Å². The monoisotopic (exact) mass is 226 g/mol. The van der Waals surface area contributed by atoms with Crippen molar-refractivity contribution >= 4 is 17.3 Å². The second-order valence-electron chi connectivity index (χ2n) is 3.61. The Morgan fingerprint density at radius 1 is 1.53 bits per heavy atom. The SMILES string of the molecule is O=[N+]([O-])c1ccc(Cl)cc1C1CCCN1. The topological polar surface area (TPSA) is 55.2 Å². The van der Waals surface area contributed by atoms with Gasteiger partial charge in [-0.3, -0.25) is 10.1 Å². The Hall–Kier alpha value is -1.13. The molecule has 0 radical (unpaired) electrons. The third-order valence-corrected chi connectivity index (χ3v) is 2.86. The molecule has 1 fully saturated rings. The lowest BCUT2D eigenvalue weighted by molar-refractivity contribution is -0.385. The van der Waals surface area contributed by atoms with Gasteiger partial charge in [0.1, 0.15) is 0 Å². The molecule has 1 N–H and O–H groups in total. The molecule has 0 aromatic heterocycles. The number of rotatable bonds is 2. The number of hydrogen-bond acceptors (Lipinski definition) is 3. The third-order valence-electron chi connectivity index (χ3n) is 2.62. The summed E-state index contributed by atoms with van der Waals surface area (Å²) in [4.78, 5) is 10.5. The summed E-state index contributed by atoms with van der Waals surface area (Å²) in [6.07, 6.45) is 1.98. The van der Waals surface area contributed by atoms with Gasteiger partial charge in [-0.2, -0.15) is 0 Å². The first kappa shape index (κ1) is 10.4. The van der Waals surface area contributed by atoms with Gasteiger partial charge >= 0.3 is 0 Å². The second-order valence-corrected chi connectivity index (χ2v) is 4.05. The van der Waals surface area contributed by atoms with Gasteiger partial charge in [0.05, 0.1) is 4.92 Å². The molecule has 1 aromatic carbocycles. The van der Waals surface area contributed by atoms with Gasteiger partial charge in [0.2, 0.25) is 0 Å². The van der Waals surface area contributed by atoms with Gasteiger partial charge in [-0.1, -0.05) is 11.6 Å². The van der Waals surface area contributed by atoms with Gasteiger partial charge in [0, 0.05) is 22.7 Å². The van der Waals surface area contributed by atoms with E-state index in [1.54, 1.807) is 12.1 Å².